The molecular formula is C14H20N2O3S. The lowest BCUT2D eigenvalue weighted by Gasteiger charge is -2.31. The Labute approximate surface area is 119 Å². The molecule has 20 heavy (non-hydrogen) atoms. The van der Waals surface area contributed by atoms with Crippen LogP contribution in [0.2, 0.25) is 0 Å². The first kappa shape index (κ1) is 15.0. The molecule has 2 rings (SSSR count). The van der Waals surface area contributed by atoms with Crippen molar-refractivity contribution in [3.8, 4) is 0 Å². The van der Waals surface area contributed by atoms with E-state index < -0.39 is 21.3 Å². The van der Waals surface area contributed by atoms with Crippen LogP contribution in [0.5, 0.6) is 0 Å². The number of carbonyl (C=O) groups is 1. The van der Waals surface area contributed by atoms with Crippen LogP contribution in [0.15, 0.2) is 30.3 Å². The molecule has 1 aliphatic heterocycles. The van der Waals surface area contributed by atoms with Crippen LogP contribution < -0.4 is 11.1 Å². The fourth-order valence-electron chi connectivity index (χ4n) is 2.42. The van der Waals surface area contributed by atoms with Gasteiger partial charge in [-0.3, -0.25) is 4.79 Å². The van der Waals surface area contributed by atoms with Crippen molar-refractivity contribution in [1.29, 1.82) is 0 Å². The molecule has 110 valence electrons. The maximum Gasteiger partial charge on any atom is 0.224 e. The van der Waals surface area contributed by atoms with E-state index in [9.17, 15) is 13.2 Å². The maximum absolute atomic E-state index is 12.2. The van der Waals surface area contributed by atoms with E-state index in [0.717, 1.165) is 5.56 Å². The Kier molecular flexibility index (Phi) is 4.15. The van der Waals surface area contributed by atoms with Gasteiger partial charge in [0.15, 0.2) is 9.84 Å². The van der Waals surface area contributed by atoms with E-state index in [1.807, 2.05) is 37.3 Å². The fraction of sp³-hybridized carbons (Fsp3) is 0.500. The zero-order valence-electron chi connectivity index (χ0n) is 11.5. The SMILES string of the molecule is CC(CN)(NC(=O)C1CCS(=O)(=O)C1)c1ccccc1. The Morgan fingerprint density at radius 1 is 1.40 bits per heavy atom. The molecule has 1 aromatic rings. The minimum Gasteiger partial charge on any atom is -0.345 e. The summed E-state index contributed by atoms with van der Waals surface area (Å²) in [7, 11) is -3.06. The highest BCUT2D eigenvalue weighted by Gasteiger charge is 2.36. The quantitative estimate of drug-likeness (QED) is 0.842. The van der Waals surface area contributed by atoms with E-state index in [2.05, 4.69) is 5.32 Å². The molecule has 3 N–H and O–H groups in total. The van der Waals surface area contributed by atoms with Gasteiger partial charge in [-0.05, 0) is 18.9 Å². The molecule has 5 nitrogen and oxygen atoms in total. The normalized spacial score (nSPS) is 24.0. The molecule has 2 unspecified atom stereocenters. The summed E-state index contributed by atoms with van der Waals surface area (Å²) in [5, 5.41) is 2.91. The van der Waals surface area contributed by atoms with Crippen LogP contribution in [0.25, 0.3) is 0 Å². The number of rotatable bonds is 4. The number of benzene rings is 1. The van der Waals surface area contributed by atoms with Gasteiger partial charge in [0.05, 0.1) is 23.0 Å². The molecule has 1 heterocycles. The van der Waals surface area contributed by atoms with E-state index in [1.54, 1.807) is 0 Å². The first-order valence-corrected chi connectivity index (χ1v) is 8.46. The molecule has 1 aromatic carbocycles. The summed E-state index contributed by atoms with van der Waals surface area (Å²) in [5.74, 6) is -0.665. The van der Waals surface area contributed by atoms with Gasteiger partial charge in [0.25, 0.3) is 0 Å². The number of nitrogens with one attached hydrogen (secondary N) is 1. The van der Waals surface area contributed by atoms with Crippen molar-refractivity contribution in [3.05, 3.63) is 35.9 Å². The maximum atomic E-state index is 12.2. The van der Waals surface area contributed by atoms with Crippen molar-refractivity contribution in [1.82, 2.24) is 5.32 Å². The Bertz CT molecular complexity index is 586. The molecule has 1 saturated heterocycles. The van der Waals surface area contributed by atoms with Crippen LogP contribution in [0.3, 0.4) is 0 Å². The number of sulfone groups is 1. The molecule has 0 aromatic heterocycles. The second-order valence-corrected chi connectivity index (χ2v) is 7.72. The third-order valence-corrected chi connectivity index (χ3v) is 5.59. The molecule has 1 amide bonds. The predicted molar refractivity (Wildman–Crippen MR) is 77.8 cm³/mol. The number of nitrogens with two attached hydrogens (primary N) is 1. The van der Waals surface area contributed by atoms with Crippen molar-refractivity contribution in [3.63, 3.8) is 0 Å². The van der Waals surface area contributed by atoms with Crippen LogP contribution >= 0.6 is 0 Å². The third-order valence-electron chi connectivity index (χ3n) is 3.82. The summed E-state index contributed by atoms with van der Waals surface area (Å²) >= 11 is 0. The predicted octanol–water partition coefficient (Wildman–Crippen LogP) is 0.411. The van der Waals surface area contributed by atoms with Gasteiger partial charge in [0.2, 0.25) is 5.91 Å². The number of carbonyl (C=O) groups excluding carboxylic acids is 1. The number of amides is 1. The van der Waals surface area contributed by atoms with Crippen molar-refractivity contribution in [2.45, 2.75) is 18.9 Å². The lowest BCUT2D eigenvalue weighted by atomic mass is 9.91. The van der Waals surface area contributed by atoms with Gasteiger partial charge in [0.1, 0.15) is 0 Å². The van der Waals surface area contributed by atoms with Gasteiger partial charge in [0, 0.05) is 6.54 Å². The highest BCUT2D eigenvalue weighted by Crippen LogP contribution is 2.23. The molecule has 1 aliphatic rings. The van der Waals surface area contributed by atoms with Gasteiger partial charge in [-0.15, -0.1) is 0 Å². The Morgan fingerprint density at radius 3 is 2.55 bits per heavy atom. The van der Waals surface area contributed by atoms with Gasteiger partial charge in [-0.25, -0.2) is 8.42 Å². The lowest BCUT2D eigenvalue weighted by Crippen LogP contribution is -2.50. The van der Waals surface area contributed by atoms with E-state index in [0.29, 0.717) is 6.42 Å². The van der Waals surface area contributed by atoms with Crippen LogP contribution in [-0.2, 0) is 20.2 Å². The van der Waals surface area contributed by atoms with Crippen molar-refractivity contribution >= 4 is 15.7 Å². The molecule has 6 heteroatoms. The molecule has 0 spiro atoms. The first-order chi connectivity index (χ1) is 9.36. The second-order valence-electron chi connectivity index (χ2n) is 5.49. The summed E-state index contributed by atoms with van der Waals surface area (Å²) in [4.78, 5) is 12.2. The zero-order chi connectivity index (χ0) is 14.8. The molecule has 0 aliphatic carbocycles. The van der Waals surface area contributed by atoms with Crippen molar-refractivity contribution in [2.75, 3.05) is 18.1 Å². The molecule has 0 bridgehead atoms. The Hall–Kier alpha value is -1.40. The molecule has 1 fully saturated rings. The summed E-state index contributed by atoms with van der Waals surface area (Å²) in [6.45, 7) is 2.10. The van der Waals surface area contributed by atoms with Crippen molar-refractivity contribution in [2.24, 2.45) is 11.7 Å². The first-order valence-electron chi connectivity index (χ1n) is 6.64. The second kappa shape index (κ2) is 5.54. The smallest absolute Gasteiger partial charge is 0.224 e. The van der Waals surface area contributed by atoms with Gasteiger partial charge in [-0.2, -0.15) is 0 Å². The molecule has 0 saturated carbocycles. The zero-order valence-corrected chi connectivity index (χ0v) is 12.3. The summed E-state index contributed by atoms with van der Waals surface area (Å²) in [6.07, 6.45) is 0.392. The molecule has 2 atom stereocenters. The van der Waals surface area contributed by atoms with E-state index in [-0.39, 0.29) is 24.0 Å². The van der Waals surface area contributed by atoms with Crippen LogP contribution in [0, 0.1) is 5.92 Å². The Balaban J connectivity index is 2.13. The van der Waals surface area contributed by atoms with E-state index in [4.69, 9.17) is 5.73 Å². The largest absolute Gasteiger partial charge is 0.345 e. The van der Waals surface area contributed by atoms with E-state index >= 15 is 0 Å². The summed E-state index contributed by atoms with van der Waals surface area (Å²) in [5.41, 5.74) is 6.04. The van der Waals surface area contributed by atoms with Gasteiger partial charge >= 0.3 is 0 Å². The van der Waals surface area contributed by atoms with Crippen LogP contribution in [0.4, 0.5) is 0 Å². The number of hydrogen-bond acceptors (Lipinski definition) is 4. The van der Waals surface area contributed by atoms with Gasteiger partial charge < -0.3 is 11.1 Å². The average Bonchev–Trinajstić information content (AvgIpc) is 2.80. The lowest BCUT2D eigenvalue weighted by molar-refractivity contribution is -0.126. The minimum absolute atomic E-state index is 0.0612. The number of hydrogen-bond donors (Lipinski definition) is 2. The summed E-state index contributed by atoms with van der Waals surface area (Å²) < 4.78 is 22.9. The van der Waals surface area contributed by atoms with E-state index in [1.165, 1.54) is 0 Å². The van der Waals surface area contributed by atoms with Crippen molar-refractivity contribution < 1.29 is 13.2 Å². The summed E-state index contributed by atoms with van der Waals surface area (Å²) in [6, 6.07) is 9.47. The monoisotopic (exact) mass is 296 g/mol. The van der Waals surface area contributed by atoms with Crippen LogP contribution in [-0.4, -0.2) is 32.4 Å². The molecule has 0 radical (unpaired) electrons. The molecular weight excluding hydrogens is 276 g/mol. The minimum atomic E-state index is -3.06. The Morgan fingerprint density at radius 2 is 2.05 bits per heavy atom. The average molecular weight is 296 g/mol. The van der Waals surface area contributed by atoms with Crippen LogP contribution in [0.1, 0.15) is 18.9 Å². The highest BCUT2D eigenvalue weighted by atomic mass is 32.2. The topological polar surface area (TPSA) is 89.3 Å². The third kappa shape index (κ3) is 3.19. The standard InChI is InChI=1S/C14H20N2O3S/c1-14(10-15,12-5-3-2-4-6-12)16-13(17)11-7-8-20(18,19)9-11/h2-6,11H,7-10,15H2,1H3,(H,16,17). The highest BCUT2D eigenvalue weighted by molar-refractivity contribution is 7.91. The van der Waals surface area contributed by atoms with Gasteiger partial charge in [-0.1, -0.05) is 30.3 Å². The fourth-order valence-corrected chi connectivity index (χ4v) is 4.16.